The van der Waals surface area contributed by atoms with Crippen molar-refractivity contribution in [3.63, 3.8) is 0 Å². The van der Waals surface area contributed by atoms with Crippen molar-refractivity contribution in [1.82, 2.24) is 5.32 Å². The van der Waals surface area contributed by atoms with E-state index in [1.54, 1.807) is 0 Å². The molecule has 0 heterocycles. The smallest absolute Gasteiger partial charge is 0.460 e. The number of alkyl halides is 7. The summed E-state index contributed by atoms with van der Waals surface area (Å²) in [7, 11) is 2.95. The van der Waals surface area contributed by atoms with Crippen LogP contribution in [0.3, 0.4) is 0 Å². The number of hydrogen-bond acceptors (Lipinski definition) is 2. The van der Waals surface area contributed by atoms with Crippen LogP contribution in [0.25, 0.3) is 0 Å². The monoisotopic (exact) mass is 357 g/mol. The summed E-state index contributed by atoms with van der Waals surface area (Å²) in [5.74, 6) is -16.3. The lowest BCUT2D eigenvalue weighted by molar-refractivity contribution is -0.883. The Morgan fingerprint density at radius 3 is 1.91 bits per heavy atom. The Balaban J connectivity index is 4.59. The number of nitrogens with zero attached hydrogens (tertiary/aromatic N) is 1. The minimum absolute atomic E-state index is 0.0633. The van der Waals surface area contributed by atoms with Crippen molar-refractivity contribution < 1.29 is 49.9 Å². The second-order valence-corrected chi connectivity index (χ2v) is 5.47. The van der Waals surface area contributed by atoms with E-state index in [1.165, 1.54) is 19.4 Å². The number of nitrogens with one attached hydrogen (secondary N) is 1. The summed E-state index contributed by atoms with van der Waals surface area (Å²) in [4.78, 5) is 21.4. The van der Waals surface area contributed by atoms with Crippen molar-refractivity contribution in [2.75, 3.05) is 33.7 Å². The summed E-state index contributed by atoms with van der Waals surface area (Å²) in [5.41, 5.74) is 0. The standard InChI is InChI=1S/C11H15F7N2O3/c1-20(2,6-7(21)22)5-3-4-19-8(23)9(12,13)10(14,15)11(16,17)18/h3-6H2,1-2H3,(H-,19,21,22,23)/p+1. The van der Waals surface area contributed by atoms with E-state index in [0.29, 0.717) is 0 Å². The fourth-order valence-electron chi connectivity index (χ4n) is 1.59. The first-order chi connectivity index (χ1) is 10.0. The fraction of sp³-hybridized carbons (Fsp3) is 0.818. The van der Waals surface area contributed by atoms with E-state index in [0.717, 1.165) is 0 Å². The van der Waals surface area contributed by atoms with Crippen molar-refractivity contribution in [3.8, 4) is 0 Å². The van der Waals surface area contributed by atoms with Crippen LogP contribution in [0.15, 0.2) is 0 Å². The molecule has 0 spiro atoms. The van der Waals surface area contributed by atoms with Gasteiger partial charge in [0.2, 0.25) is 0 Å². The second kappa shape index (κ2) is 6.89. The number of carbonyl (C=O) groups is 2. The molecule has 0 radical (unpaired) electrons. The maximum Gasteiger partial charge on any atom is 0.460 e. The highest BCUT2D eigenvalue weighted by Gasteiger charge is 2.76. The second-order valence-electron chi connectivity index (χ2n) is 5.47. The van der Waals surface area contributed by atoms with Gasteiger partial charge in [-0.2, -0.15) is 30.7 Å². The minimum Gasteiger partial charge on any atom is -0.477 e. The van der Waals surface area contributed by atoms with Crippen LogP contribution in [0.1, 0.15) is 6.42 Å². The average Bonchev–Trinajstić information content (AvgIpc) is 2.30. The number of carbonyl (C=O) groups excluding carboxylic acids is 1. The summed E-state index contributed by atoms with van der Waals surface area (Å²) in [6.07, 6.45) is -6.67. The maximum atomic E-state index is 13.0. The van der Waals surface area contributed by atoms with Gasteiger partial charge in [-0.15, -0.1) is 0 Å². The molecule has 0 bridgehead atoms. The van der Waals surface area contributed by atoms with Crippen LogP contribution >= 0.6 is 0 Å². The molecule has 23 heavy (non-hydrogen) atoms. The maximum absolute atomic E-state index is 13.0. The third kappa shape index (κ3) is 5.52. The van der Waals surface area contributed by atoms with Crippen molar-refractivity contribution in [2.45, 2.75) is 24.4 Å². The average molecular weight is 357 g/mol. The minimum atomic E-state index is -6.58. The van der Waals surface area contributed by atoms with Crippen molar-refractivity contribution in [3.05, 3.63) is 0 Å². The van der Waals surface area contributed by atoms with Crippen molar-refractivity contribution in [2.24, 2.45) is 0 Å². The Morgan fingerprint density at radius 2 is 1.52 bits per heavy atom. The van der Waals surface area contributed by atoms with Gasteiger partial charge in [0.05, 0.1) is 20.6 Å². The number of halogens is 7. The molecule has 136 valence electrons. The topological polar surface area (TPSA) is 66.4 Å². The first kappa shape index (κ1) is 21.4. The van der Waals surface area contributed by atoms with Gasteiger partial charge in [0.25, 0.3) is 5.91 Å². The molecular weight excluding hydrogens is 341 g/mol. The Labute approximate surface area is 126 Å². The molecule has 12 heteroatoms. The van der Waals surface area contributed by atoms with Gasteiger partial charge in [-0.1, -0.05) is 0 Å². The summed E-state index contributed by atoms with van der Waals surface area (Å²) in [5, 5.41) is 9.89. The first-order valence-corrected chi connectivity index (χ1v) is 6.19. The predicted octanol–water partition coefficient (Wildman–Crippen LogP) is 1.49. The molecule has 0 unspecified atom stereocenters. The third-order valence-electron chi connectivity index (χ3n) is 2.82. The van der Waals surface area contributed by atoms with E-state index in [2.05, 4.69) is 0 Å². The highest BCUT2D eigenvalue weighted by Crippen LogP contribution is 2.46. The molecule has 0 saturated carbocycles. The summed E-state index contributed by atoms with van der Waals surface area (Å²) in [6, 6.07) is 0. The Bertz CT molecular complexity index is 449. The highest BCUT2D eigenvalue weighted by molar-refractivity contribution is 5.84. The van der Waals surface area contributed by atoms with Crippen LogP contribution in [0.2, 0.25) is 0 Å². The summed E-state index contributed by atoms with van der Waals surface area (Å²) >= 11 is 0. The van der Waals surface area contributed by atoms with Gasteiger partial charge in [0.1, 0.15) is 0 Å². The Kier molecular flexibility index (Phi) is 6.41. The normalized spacial score (nSPS) is 13.8. The van der Waals surface area contributed by atoms with Crippen LogP contribution in [-0.2, 0) is 9.59 Å². The van der Waals surface area contributed by atoms with Gasteiger partial charge in [0.15, 0.2) is 6.54 Å². The highest BCUT2D eigenvalue weighted by atomic mass is 19.4. The molecule has 1 amide bonds. The Hall–Kier alpha value is -1.59. The lowest BCUT2D eigenvalue weighted by Gasteiger charge is -2.28. The van der Waals surface area contributed by atoms with Gasteiger partial charge in [-0.3, -0.25) is 4.79 Å². The zero-order chi connectivity index (χ0) is 18.7. The number of hydrogen-bond donors (Lipinski definition) is 2. The summed E-state index contributed by atoms with van der Waals surface area (Å²) in [6.45, 7) is -0.867. The molecular formula is C11H16F7N2O3+. The molecule has 0 rings (SSSR count). The van der Waals surface area contributed by atoms with Crippen molar-refractivity contribution in [1.29, 1.82) is 0 Å². The summed E-state index contributed by atoms with van der Waals surface area (Å²) < 4.78 is 86.7. The third-order valence-corrected chi connectivity index (χ3v) is 2.82. The molecule has 0 aliphatic carbocycles. The lowest BCUT2D eigenvalue weighted by Crippen LogP contribution is -2.59. The molecule has 0 saturated heterocycles. The number of carboxylic acids is 1. The predicted molar refractivity (Wildman–Crippen MR) is 63.1 cm³/mol. The zero-order valence-electron chi connectivity index (χ0n) is 12.2. The fourth-order valence-corrected chi connectivity index (χ4v) is 1.59. The largest absolute Gasteiger partial charge is 0.477 e. The van der Waals surface area contributed by atoms with Gasteiger partial charge >= 0.3 is 24.0 Å². The van der Waals surface area contributed by atoms with Gasteiger partial charge in [-0.25, -0.2) is 4.79 Å². The van der Waals surface area contributed by atoms with E-state index in [-0.39, 0.29) is 24.0 Å². The van der Waals surface area contributed by atoms with Crippen LogP contribution in [0.4, 0.5) is 30.7 Å². The van der Waals surface area contributed by atoms with E-state index in [9.17, 15) is 40.3 Å². The lowest BCUT2D eigenvalue weighted by atomic mass is 10.1. The quantitative estimate of drug-likeness (QED) is 0.393. The van der Waals surface area contributed by atoms with E-state index < -0.39 is 36.4 Å². The van der Waals surface area contributed by atoms with Crippen LogP contribution in [0.5, 0.6) is 0 Å². The van der Waals surface area contributed by atoms with Crippen LogP contribution < -0.4 is 5.32 Å². The molecule has 0 aromatic heterocycles. The molecule has 0 aromatic rings. The molecule has 2 N–H and O–H groups in total. The molecule has 0 aromatic carbocycles. The number of likely N-dealkylation sites (N-methyl/N-ethyl adjacent to an activating group) is 1. The SMILES string of the molecule is C[N+](C)(CCCNC(=O)C(F)(F)C(F)(F)C(F)(F)F)CC(=O)O. The van der Waals surface area contributed by atoms with Gasteiger partial charge < -0.3 is 14.9 Å². The number of amides is 1. The van der Waals surface area contributed by atoms with Gasteiger partial charge in [-0.05, 0) is 0 Å². The van der Waals surface area contributed by atoms with Crippen LogP contribution in [-0.4, -0.2) is 73.2 Å². The first-order valence-electron chi connectivity index (χ1n) is 6.19. The van der Waals surface area contributed by atoms with Crippen molar-refractivity contribution >= 4 is 11.9 Å². The zero-order valence-corrected chi connectivity index (χ0v) is 12.2. The molecule has 0 aliphatic heterocycles. The van der Waals surface area contributed by atoms with Crippen LogP contribution in [0, 0.1) is 0 Å². The van der Waals surface area contributed by atoms with E-state index in [1.807, 2.05) is 0 Å². The number of aliphatic carboxylic acids is 1. The van der Waals surface area contributed by atoms with Gasteiger partial charge in [0, 0.05) is 13.0 Å². The molecule has 5 nitrogen and oxygen atoms in total. The van der Waals surface area contributed by atoms with E-state index >= 15 is 0 Å². The number of carboxylic acid groups (broad SMARTS) is 1. The Morgan fingerprint density at radius 1 is 1.04 bits per heavy atom. The number of rotatable bonds is 8. The molecule has 0 aliphatic rings. The molecule has 0 fully saturated rings. The number of quaternary nitrogens is 1. The molecule has 0 atom stereocenters. The van der Waals surface area contributed by atoms with E-state index in [4.69, 9.17) is 5.11 Å².